The number of hydrogen-bond acceptors (Lipinski definition) is 5. The Hall–Kier alpha value is -2.42. The van der Waals surface area contributed by atoms with E-state index < -0.39 is 22.0 Å². The molecule has 3 N–H and O–H groups in total. The van der Waals surface area contributed by atoms with Crippen LogP contribution < -0.4 is 14.8 Å². The summed E-state index contributed by atoms with van der Waals surface area (Å²) in [5.41, 5.74) is 1.33. The second-order valence-corrected chi connectivity index (χ2v) is 10.4. The van der Waals surface area contributed by atoms with Crippen LogP contribution in [0.25, 0.3) is 0 Å². The zero-order valence-corrected chi connectivity index (χ0v) is 19.7. The van der Waals surface area contributed by atoms with E-state index in [9.17, 15) is 18.3 Å². The Labute approximate surface area is 196 Å². The normalized spacial score (nSPS) is 15.8. The summed E-state index contributed by atoms with van der Waals surface area (Å²) < 4.78 is 33.0. The van der Waals surface area contributed by atoms with Crippen molar-refractivity contribution in [1.29, 1.82) is 0 Å². The van der Waals surface area contributed by atoms with Crippen LogP contribution in [0.2, 0.25) is 0 Å². The van der Waals surface area contributed by atoms with Gasteiger partial charge in [0.05, 0.1) is 12.4 Å². The summed E-state index contributed by atoms with van der Waals surface area (Å²) in [6, 6.07) is 14.6. The van der Waals surface area contributed by atoms with Crippen LogP contribution in [0.1, 0.15) is 43.2 Å². The van der Waals surface area contributed by atoms with Crippen LogP contribution in [-0.4, -0.2) is 45.2 Å². The van der Waals surface area contributed by atoms with Gasteiger partial charge in [0.2, 0.25) is 10.0 Å². The van der Waals surface area contributed by atoms with Gasteiger partial charge >= 0.3 is 5.97 Å². The number of carboxylic acids is 1. The Balaban J connectivity index is 1.44. The lowest BCUT2D eigenvalue weighted by atomic mass is 9.93. The first-order valence-electron chi connectivity index (χ1n) is 11.6. The third kappa shape index (κ3) is 9.15. The van der Waals surface area contributed by atoms with Crippen molar-refractivity contribution in [2.24, 2.45) is 5.92 Å². The SMILES string of the molecule is O=C(O)[C@H](Cc1ccc(OCCCCC2CCNCC2)cc1)NS(=O)(=O)Cc1ccccc1. The number of hydrogen-bond donors (Lipinski definition) is 3. The Morgan fingerprint density at radius 2 is 1.73 bits per heavy atom. The van der Waals surface area contributed by atoms with E-state index in [0.29, 0.717) is 12.2 Å². The fraction of sp³-hybridized carbons (Fsp3) is 0.480. The van der Waals surface area contributed by atoms with E-state index in [2.05, 4.69) is 10.0 Å². The van der Waals surface area contributed by atoms with Crippen LogP contribution in [-0.2, 0) is 27.0 Å². The Kier molecular flexibility index (Phi) is 9.72. The largest absolute Gasteiger partial charge is 0.494 e. The van der Waals surface area contributed by atoms with Gasteiger partial charge in [0.25, 0.3) is 0 Å². The van der Waals surface area contributed by atoms with E-state index in [0.717, 1.165) is 43.2 Å². The fourth-order valence-corrected chi connectivity index (χ4v) is 5.42. The maximum Gasteiger partial charge on any atom is 0.322 e. The first kappa shape index (κ1) is 25.2. The lowest BCUT2D eigenvalue weighted by Gasteiger charge is -2.22. The average molecular weight is 475 g/mol. The van der Waals surface area contributed by atoms with Crippen LogP contribution in [0.3, 0.4) is 0 Å². The second kappa shape index (κ2) is 12.7. The maximum absolute atomic E-state index is 12.4. The van der Waals surface area contributed by atoms with Crippen molar-refractivity contribution in [3.05, 3.63) is 65.7 Å². The molecule has 180 valence electrons. The highest BCUT2D eigenvalue weighted by Crippen LogP contribution is 2.19. The Bertz CT molecular complexity index is 958. The van der Waals surface area contributed by atoms with E-state index in [1.807, 2.05) is 0 Å². The molecule has 0 aliphatic carbocycles. The predicted octanol–water partition coefficient (Wildman–Crippen LogP) is 3.35. The summed E-state index contributed by atoms with van der Waals surface area (Å²) in [5, 5.41) is 12.9. The first-order valence-corrected chi connectivity index (χ1v) is 13.3. The van der Waals surface area contributed by atoms with Gasteiger partial charge < -0.3 is 15.2 Å². The molecule has 1 atom stereocenters. The molecule has 0 unspecified atom stereocenters. The van der Waals surface area contributed by atoms with Gasteiger partial charge in [-0.25, -0.2) is 13.1 Å². The van der Waals surface area contributed by atoms with Gasteiger partial charge in [-0.2, -0.15) is 0 Å². The predicted molar refractivity (Wildman–Crippen MR) is 129 cm³/mol. The number of carbonyl (C=O) groups is 1. The van der Waals surface area contributed by atoms with Crippen molar-refractivity contribution in [2.75, 3.05) is 19.7 Å². The highest BCUT2D eigenvalue weighted by atomic mass is 32.2. The van der Waals surface area contributed by atoms with Crippen LogP contribution in [0, 0.1) is 5.92 Å². The number of ether oxygens (including phenoxy) is 1. The number of carboxylic acid groups (broad SMARTS) is 1. The van der Waals surface area contributed by atoms with Gasteiger partial charge in [-0.05, 0) is 74.4 Å². The quantitative estimate of drug-likeness (QED) is 0.385. The summed E-state index contributed by atoms with van der Waals surface area (Å²) >= 11 is 0. The number of nitrogens with one attached hydrogen (secondary N) is 2. The van der Waals surface area contributed by atoms with Crippen molar-refractivity contribution in [2.45, 2.75) is 50.3 Å². The molecular weight excluding hydrogens is 440 g/mol. The zero-order valence-electron chi connectivity index (χ0n) is 18.9. The van der Waals surface area contributed by atoms with Gasteiger partial charge in [0.15, 0.2) is 0 Å². The van der Waals surface area contributed by atoms with E-state index in [4.69, 9.17) is 4.74 Å². The molecule has 0 bridgehead atoms. The molecule has 1 aliphatic heterocycles. The average Bonchev–Trinajstić information content (AvgIpc) is 2.80. The molecule has 7 nitrogen and oxygen atoms in total. The summed E-state index contributed by atoms with van der Waals surface area (Å²) in [4.78, 5) is 11.7. The monoisotopic (exact) mass is 474 g/mol. The number of rotatable bonds is 13. The van der Waals surface area contributed by atoms with Crippen molar-refractivity contribution >= 4 is 16.0 Å². The van der Waals surface area contributed by atoms with Crippen molar-refractivity contribution in [3.8, 4) is 5.75 Å². The molecule has 0 saturated carbocycles. The molecule has 33 heavy (non-hydrogen) atoms. The number of sulfonamides is 1. The molecule has 3 rings (SSSR count). The smallest absolute Gasteiger partial charge is 0.322 e. The molecule has 2 aromatic carbocycles. The Morgan fingerprint density at radius 1 is 1.03 bits per heavy atom. The first-order chi connectivity index (χ1) is 15.9. The van der Waals surface area contributed by atoms with Crippen molar-refractivity contribution < 1.29 is 23.1 Å². The molecule has 1 heterocycles. The topological polar surface area (TPSA) is 105 Å². The molecule has 0 spiro atoms. The molecule has 8 heteroatoms. The summed E-state index contributed by atoms with van der Waals surface area (Å²) in [7, 11) is -3.79. The number of benzene rings is 2. The molecule has 0 aromatic heterocycles. The van der Waals surface area contributed by atoms with E-state index in [1.54, 1.807) is 54.6 Å². The van der Waals surface area contributed by atoms with E-state index >= 15 is 0 Å². The summed E-state index contributed by atoms with van der Waals surface area (Å²) in [5.74, 6) is 0.0952. The molecule has 0 radical (unpaired) electrons. The molecule has 2 aromatic rings. The van der Waals surface area contributed by atoms with Gasteiger partial charge in [0.1, 0.15) is 11.8 Å². The number of unbranched alkanes of at least 4 members (excludes halogenated alkanes) is 1. The molecule has 1 aliphatic rings. The number of aliphatic carboxylic acids is 1. The van der Waals surface area contributed by atoms with E-state index in [1.165, 1.54) is 19.3 Å². The fourth-order valence-electron chi connectivity index (χ4n) is 4.08. The third-order valence-corrected chi connectivity index (χ3v) is 7.27. The van der Waals surface area contributed by atoms with Gasteiger partial charge in [-0.1, -0.05) is 48.9 Å². The van der Waals surface area contributed by atoms with Gasteiger partial charge in [-0.3, -0.25) is 4.79 Å². The number of piperidine rings is 1. The van der Waals surface area contributed by atoms with Crippen molar-refractivity contribution in [3.63, 3.8) is 0 Å². The highest BCUT2D eigenvalue weighted by molar-refractivity contribution is 7.88. The van der Waals surface area contributed by atoms with Crippen LogP contribution in [0.4, 0.5) is 0 Å². The minimum absolute atomic E-state index is 0.0554. The minimum atomic E-state index is -3.79. The summed E-state index contributed by atoms with van der Waals surface area (Å²) in [6.07, 6.45) is 6.01. The van der Waals surface area contributed by atoms with Gasteiger partial charge in [0, 0.05) is 0 Å². The Morgan fingerprint density at radius 3 is 2.39 bits per heavy atom. The second-order valence-electron chi connectivity index (χ2n) is 8.64. The minimum Gasteiger partial charge on any atom is -0.494 e. The molecule has 1 fully saturated rings. The van der Waals surface area contributed by atoms with Crippen molar-refractivity contribution in [1.82, 2.24) is 10.0 Å². The third-order valence-electron chi connectivity index (χ3n) is 5.92. The summed E-state index contributed by atoms with van der Waals surface area (Å²) in [6.45, 7) is 2.91. The van der Waals surface area contributed by atoms with Crippen LogP contribution in [0.5, 0.6) is 5.75 Å². The molecular formula is C25H34N2O5S. The van der Waals surface area contributed by atoms with Gasteiger partial charge in [-0.15, -0.1) is 0 Å². The standard InChI is InChI=1S/C25H34N2O5S/c28-25(29)24(27-33(30,31)19-22-7-2-1-3-8-22)18-21-9-11-23(12-10-21)32-17-5-4-6-20-13-15-26-16-14-20/h1-3,7-12,20,24,26-27H,4-6,13-19H2,(H,28,29)/t24-/m0/s1. The molecule has 0 amide bonds. The zero-order chi connectivity index (χ0) is 23.5. The van der Waals surface area contributed by atoms with Crippen LogP contribution in [0.15, 0.2) is 54.6 Å². The lowest BCUT2D eigenvalue weighted by molar-refractivity contribution is -0.138. The lowest BCUT2D eigenvalue weighted by Crippen LogP contribution is -2.42. The van der Waals surface area contributed by atoms with Crippen LogP contribution >= 0.6 is 0 Å². The maximum atomic E-state index is 12.4. The van der Waals surface area contributed by atoms with E-state index in [-0.39, 0.29) is 12.2 Å². The highest BCUT2D eigenvalue weighted by Gasteiger charge is 2.24. The molecule has 1 saturated heterocycles.